The number of rotatable bonds is 10. The molecule has 0 saturated carbocycles. The van der Waals surface area contributed by atoms with Crippen molar-refractivity contribution in [3.63, 3.8) is 0 Å². The SMILES string of the molecule is Cc1ccc(OCc2nc(CC(=O)N(Cc3ccc(N(C)C)cc3)CC3CCCO3)cs2)cc1. The summed E-state index contributed by atoms with van der Waals surface area (Å²) in [6, 6.07) is 16.3. The van der Waals surface area contributed by atoms with Gasteiger partial charge in [0, 0.05) is 44.9 Å². The van der Waals surface area contributed by atoms with Gasteiger partial charge in [-0.3, -0.25) is 4.79 Å². The standard InChI is InChI=1S/C27H33N3O3S/c1-20-6-12-24(13-7-20)33-18-26-28-22(19-34-26)15-27(31)30(17-25-5-4-14-32-25)16-21-8-10-23(11-9-21)29(2)3/h6-13,19,25H,4-5,14-18H2,1-3H3. The smallest absolute Gasteiger partial charge is 0.229 e. The largest absolute Gasteiger partial charge is 0.486 e. The van der Waals surface area contributed by atoms with E-state index in [1.54, 1.807) is 0 Å². The monoisotopic (exact) mass is 479 g/mol. The van der Waals surface area contributed by atoms with Crippen molar-refractivity contribution in [2.24, 2.45) is 0 Å². The number of carbonyl (C=O) groups excluding carboxylic acids is 1. The molecule has 7 heteroatoms. The van der Waals surface area contributed by atoms with E-state index >= 15 is 0 Å². The van der Waals surface area contributed by atoms with E-state index in [4.69, 9.17) is 9.47 Å². The Bertz CT molecular complexity index is 1060. The molecule has 1 amide bonds. The molecular formula is C27H33N3O3S. The number of anilines is 1. The van der Waals surface area contributed by atoms with E-state index in [9.17, 15) is 4.79 Å². The summed E-state index contributed by atoms with van der Waals surface area (Å²) in [5, 5.41) is 2.83. The second-order valence-electron chi connectivity index (χ2n) is 8.98. The number of thiazole rings is 1. The van der Waals surface area contributed by atoms with Crippen LogP contribution >= 0.6 is 11.3 Å². The molecular weight excluding hydrogens is 446 g/mol. The van der Waals surface area contributed by atoms with Crippen molar-refractivity contribution < 1.29 is 14.3 Å². The van der Waals surface area contributed by atoms with Crippen molar-refractivity contribution >= 4 is 22.9 Å². The van der Waals surface area contributed by atoms with Crippen molar-refractivity contribution in [3.05, 3.63) is 75.7 Å². The first-order valence-electron chi connectivity index (χ1n) is 11.7. The number of benzene rings is 2. The molecule has 6 nitrogen and oxygen atoms in total. The quantitative estimate of drug-likeness (QED) is 0.416. The van der Waals surface area contributed by atoms with Gasteiger partial charge in [-0.05, 0) is 49.6 Å². The Hall–Kier alpha value is -2.90. The molecule has 2 aromatic carbocycles. The Kier molecular flexibility index (Phi) is 8.19. The number of aryl methyl sites for hydroxylation is 1. The molecule has 0 aliphatic carbocycles. The van der Waals surface area contributed by atoms with Crippen LogP contribution in [0, 0.1) is 6.92 Å². The van der Waals surface area contributed by atoms with E-state index in [-0.39, 0.29) is 18.4 Å². The fourth-order valence-corrected chi connectivity index (χ4v) is 4.66. The number of hydrogen-bond donors (Lipinski definition) is 0. The number of aromatic nitrogens is 1. The molecule has 1 saturated heterocycles. The summed E-state index contributed by atoms with van der Waals surface area (Å²) in [6.07, 6.45) is 2.45. The van der Waals surface area contributed by atoms with Gasteiger partial charge in [-0.1, -0.05) is 29.8 Å². The lowest BCUT2D eigenvalue weighted by Gasteiger charge is -2.26. The molecule has 0 bridgehead atoms. The van der Waals surface area contributed by atoms with Gasteiger partial charge in [0.15, 0.2) is 0 Å². The van der Waals surface area contributed by atoms with E-state index in [2.05, 4.69) is 41.1 Å². The molecule has 0 spiro atoms. The number of carbonyl (C=O) groups is 1. The fourth-order valence-electron chi connectivity index (χ4n) is 3.95. The first-order chi connectivity index (χ1) is 16.5. The van der Waals surface area contributed by atoms with Gasteiger partial charge >= 0.3 is 0 Å². The highest BCUT2D eigenvalue weighted by atomic mass is 32.1. The van der Waals surface area contributed by atoms with Crippen LogP contribution in [0.5, 0.6) is 5.75 Å². The normalized spacial score (nSPS) is 15.3. The van der Waals surface area contributed by atoms with E-state index in [1.165, 1.54) is 16.9 Å². The van der Waals surface area contributed by atoms with Crippen LogP contribution in [0.15, 0.2) is 53.9 Å². The minimum absolute atomic E-state index is 0.0727. The van der Waals surface area contributed by atoms with Crippen LogP contribution < -0.4 is 9.64 Å². The van der Waals surface area contributed by atoms with Crippen LogP contribution in [0.2, 0.25) is 0 Å². The second kappa shape index (κ2) is 11.5. The van der Waals surface area contributed by atoms with E-state index in [1.807, 2.05) is 48.6 Å². The molecule has 2 heterocycles. The van der Waals surface area contributed by atoms with Crippen molar-refractivity contribution in [1.82, 2.24) is 9.88 Å². The summed E-state index contributed by atoms with van der Waals surface area (Å²) in [7, 11) is 4.05. The van der Waals surface area contributed by atoms with Crippen LogP contribution in [0.3, 0.4) is 0 Å². The summed E-state index contributed by atoms with van der Waals surface area (Å²) in [5.74, 6) is 0.893. The van der Waals surface area contributed by atoms with Gasteiger partial charge < -0.3 is 19.3 Å². The lowest BCUT2D eigenvalue weighted by Crippen LogP contribution is -2.37. The van der Waals surface area contributed by atoms with Crippen molar-refractivity contribution in [2.45, 2.75) is 45.4 Å². The summed E-state index contributed by atoms with van der Waals surface area (Å²) in [5.41, 5.74) is 4.24. The molecule has 1 unspecified atom stereocenters. The molecule has 180 valence electrons. The second-order valence-corrected chi connectivity index (χ2v) is 9.92. The van der Waals surface area contributed by atoms with Crippen LogP contribution in [0.25, 0.3) is 0 Å². The van der Waals surface area contributed by atoms with E-state index in [0.29, 0.717) is 19.7 Å². The average molecular weight is 480 g/mol. The van der Waals surface area contributed by atoms with Gasteiger partial charge in [0.2, 0.25) is 5.91 Å². The lowest BCUT2D eigenvalue weighted by molar-refractivity contribution is -0.132. The lowest BCUT2D eigenvalue weighted by atomic mass is 10.1. The molecule has 1 aliphatic heterocycles. The Morgan fingerprint density at radius 2 is 1.91 bits per heavy atom. The molecule has 1 atom stereocenters. The minimum atomic E-state index is 0.0727. The average Bonchev–Trinajstić information content (AvgIpc) is 3.51. The molecule has 4 rings (SSSR count). The summed E-state index contributed by atoms with van der Waals surface area (Å²) in [4.78, 5) is 21.9. The van der Waals surface area contributed by atoms with Gasteiger partial charge in [-0.25, -0.2) is 4.98 Å². The topological polar surface area (TPSA) is 54.9 Å². The van der Waals surface area contributed by atoms with E-state index in [0.717, 1.165) is 47.2 Å². The number of ether oxygens (including phenoxy) is 2. The Labute approximate surface area is 206 Å². The Morgan fingerprint density at radius 1 is 1.15 bits per heavy atom. The van der Waals surface area contributed by atoms with Gasteiger partial charge in [0.05, 0.1) is 18.2 Å². The highest BCUT2D eigenvalue weighted by molar-refractivity contribution is 7.09. The third-order valence-corrected chi connectivity index (χ3v) is 6.81. The Balaban J connectivity index is 1.38. The van der Waals surface area contributed by atoms with Gasteiger partial charge in [-0.2, -0.15) is 0 Å². The maximum absolute atomic E-state index is 13.3. The number of nitrogens with zero attached hydrogens (tertiary/aromatic N) is 3. The molecule has 3 aromatic rings. The molecule has 0 radical (unpaired) electrons. The Morgan fingerprint density at radius 3 is 2.59 bits per heavy atom. The van der Waals surface area contributed by atoms with Gasteiger partial charge in [-0.15, -0.1) is 11.3 Å². The highest BCUT2D eigenvalue weighted by Crippen LogP contribution is 2.20. The van der Waals surface area contributed by atoms with Crippen molar-refractivity contribution in [1.29, 1.82) is 0 Å². The summed E-state index contributed by atoms with van der Waals surface area (Å²) < 4.78 is 11.7. The maximum Gasteiger partial charge on any atom is 0.229 e. The zero-order valence-corrected chi connectivity index (χ0v) is 21.0. The molecule has 1 aromatic heterocycles. The predicted molar refractivity (Wildman–Crippen MR) is 136 cm³/mol. The van der Waals surface area contributed by atoms with Crippen LogP contribution in [0.1, 0.15) is 34.7 Å². The summed E-state index contributed by atoms with van der Waals surface area (Å²) in [6.45, 7) is 4.41. The number of hydrogen-bond acceptors (Lipinski definition) is 6. The first-order valence-corrected chi connectivity index (χ1v) is 12.6. The van der Waals surface area contributed by atoms with Crippen LogP contribution in [0.4, 0.5) is 5.69 Å². The van der Waals surface area contributed by atoms with E-state index < -0.39 is 0 Å². The fraction of sp³-hybridized carbons (Fsp3) is 0.407. The van der Waals surface area contributed by atoms with Crippen molar-refractivity contribution in [3.8, 4) is 5.75 Å². The number of amides is 1. The summed E-state index contributed by atoms with van der Waals surface area (Å²) >= 11 is 1.53. The maximum atomic E-state index is 13.3. The third kappa shape index (κ3) is 6.81. The first kappa shape index (κ1) is 24.2. The third-order valence-electron chi connectivity index (χ3n) is 5.94. The molecule has 0 N–H and O–H groups in total. The highest BCUT2D eigenvalue weighted by Gasteiger charge is 2.23. The zero-order valence-electron chi connectivity index (χ0n) is 20.2. The molecule has 34 heavy (non-hydrogen) atoms. The zero-order chi connectivity index (χ0) is 23.9. The minimum Gasteiger partial charge on any atom is -0.486 e. The molecule has 1 aliphatic rings. The van der Waals surface area contributed by atoms with Crippen molar-refractivity contribution in [2.75, 3.05) is 32.1 Å². The van der Waals surface area contributed by atoms with Gasteiger partial charge in [0.1, 0.15) is 17.4 Å². The molecule has 1 fully saturated rings. The van der Waals surface area contributed by atoms with Crippen LogP contribution in [-0.2, 0) is 29.1 Å². The van der Waals surface area contributed by atoms with Crippen LogP contribution in [-0.4, -0.2) is 49.1 Å². The predicted octanol–water partition coefficient (Wildman–Crippen LogP) is 4.85. The van der Waals surface area contributed by atoms with Gasteiger partial charge in [0.25, 0.3) is 0 Å².